The van der Waals surface area contributed by atoms with Gasteiger partial charge in [-0.15, -0.1) is 0 Å². The molecular weight excluding hydrogens is 275 g/mol. The summed E-state index contributed by atoms with van der Waals surface area (Å²) in [4.78, 5) is 31.1. The largest absolute Gasteiger partial charge is 0.350 e. The number of rotatable bonds is 5. The van der Waals surface area contributed by atoms with Gasteiger partial charge in [0.2, 0.25) is 11.8 Å². The molecule has 110 valence electrons. The molecule has 0 fully saturated rings. The lowest BCUT2D eigenvalue weighted by Gasteiger charge is -2.14. The Morgan fingerprint density at radius 2 is 2.29 bits per heavy atom. The average Bonchev–Trinajstić information content (AvgIpc) is 2.93. The van der Waals surface area contributed by atoms with Crippen LogP contribution < -0.4 is 5.32 Å². The first-order valence-electron chi connectivity index (χ1n) is 6.27. The minimum absolute atomic E-state index is 0.00296. The first kappa shape index (κ1) is 14.7. The maximum absolute atomic E-state index is 13.8. The summed E-state index contributed by atoms with van der Waals surface area (Å²) in [7, 11) is 1.48. The van der Waals surface area contributed by atoms with Crippen molar-refractivity contribution in [2.45, 2.75) is 6.54 Å². The highest BCUT2D eigenvalue weighted by atomic mass is 19.1. The fourth-order valence-corrected chi connectivity index (χ4v) is 1.90. The van der Waals surface area contributed by atoms with Gasteiger partial charge in [-0.25, -0.2) is 9.37 Å². The maximum atomic E-state index is 13.8. The van der Waals surface area contributed by atoms with Crippen LogP contribution in [-0.2, 0) is 16.1 Å². The summed E-state index contributed by atoms with van der Waals surface area (Å²) < 4.78 is 13.8. The molecule has 0 aliphatic rings. The van der Waals surface area contributed by atoms with Crippen LogP contribution in [0.15, 0.2) is 31.1 Å². The van der Waals surface area contributed by atoms with E-state index in [1.807, 2.05) is 0 Å². The molecule has 0 radical (unpaired) electrons. The number of benzene rings is 1. The second kappa shape index (κ2) is 6.17. The summed E-state index contributed by atoms with van der Waals surface area (Å²) in [5, 5.41) is 2.57. The maximum Gasteiger partial charge on any atom is 0.246 e. The van der Waals surface area contributed by atoms with Crippen molar-refractivity contribution in [1.82, 2.24) is 20.2 Å². The van der Waals surface area contributed by atoms with E-state index in [-0.39, 0.29) is 24.9 Å². The molecule has 7 heteroatoms. The van der Waals surface area contributed by atoms with Gasteiger partial charge in [-0.1, -0.05) is 6.58 Å². The molecule has 0 spiro atoms. The number of fused-ring (bicyclic) bond motifs is 1. The summed E-state index contributed by atoms with van der Waals surface area (Å²) in [6.07, 6.45) is 2.59. The lowest BCUT2D eigenvalue weighted by atomic mass is 10.1. The van der Waals surface area contributed by atoms with Crippen LogP contribution in [0.4, 0.5) is 4.39 Å². The van der Waals surface area contributed by atoms with Gasteiger partial charge < -0.3 is 15.2 Å². The Balaban J connectivity index is 2.03. The molecule has 0 atom stereocenters. The van der Waals surface area contributed by atoms with Crippen molar-refractivity contribution in [2.75, 3.05) is 13.6 Å². The summed E-state index contributed by atoms with van der Waals surface area (Å²) >= 11 is 0. The van der Waals surface area contributed by atoms with Crippen molar-refractivity contribution < 1.29 is 14.0 Å². The van der Waals surface area contributed by atoms with E-state index in [1.54, 1.807) is 6.07 Å². The number of carbonyl (C=O) groups excluding carboxylic acids is 2. The molecule has 2 amide bonds. The third kappa shape index (κ3) is 3.25. The lowest BCUT2D eigenvalue weighted by Crippen LogP contribution is -2.37. The van der Waals surface area contributed by atoms with Crippen LogP contribution >= 0.6 is 0 Å². The van der Waals surface area contributed by atoms with Crippen LogP contribution in [0.1, 0.15) is 5.56 Å². The number of imidazole rings is 1. The second-order valence-corrected chi connectivity index (χ2v) is 4.50. The number of nitrogens with one attached hydrogen (secondary N) is 2. The van der Waals surface area contributed by atoms with Crippen molar-refractivity contribution in [3.8, 4) is 0 Å². The summed E-state index contributed by atoms with van der Waals surface area (Å²) in [5.74, 6) is -1.18. The highest BCUT2D eigenvalue weighted by Gasteiger charge is 2.13. The molecule has 0 saturated heterocycles. The molecule has 21 heavy (non-hydrogen) atoms. The molecule has 6 nitrogen and oxygen atoms in total. The highest BCUT2D eigenvalue weighted by molar-refractivity contribution is 5.90. The Kier molecular flexibility index (Phi) is 4.32. The number of hydrogen-bond acceptors (Lipinski definition) is 3. The van der Waals surface area contributed by atoms with E-state index < -0.39 is 5.82 Å². The lowest BCUT2D eigenvalue weighted by molar-refractivity contribution is -0.131. The average molecular weight is 290 g/mol. The van der Waals surface area contributed by atoms with Crippen LogP contribution in [0.25, 0.3) is 11.0 Å². The molecular formula is C14H15FN4O2. The van der Waals surface area contributed by atoms with E-state index in [0.29, 0.717) is 16.6 Å². The van der Waals surface area contributed by atoms with E-state index in [9.17, 15) is 14.0 Å². The first-order valence-corrected chi connectivity index (χ1v) is 6.27. The number of amides is 2. The standard InChI is InChI=1S/C14H15FN4O2/c1-3-13(21)19(2)7-12(20)16-6-9-10(15)4-5-11-14(9)18-8-17-11/h3-5,8H,1,6-7H2,2H3,(H,16,20)(H,17,18). The van der Waals surface area contributed by atoms with Crippen LogP contribution in [0, 0.1) is 5.82 Å². The monoisotopic (exact) mass is 290 g/mol. The smallest absolute Gasteiger partial charge is 0.246 e. The van der Waals surface area contributed by atoms with Gasteiger partial charge in [0, 0.05) is 19.2 Å². The van der Waals surface area contributed by atoms with E-state index in [1.165, 1.54) is 24.3 Å². The van der Waals surface area contributed by atoms with Crippen LogP contribution in [0.2, 0.25) is 0 Å². The van der Waals surface area contributed by atoms with E-state index in [0.717, 1.165) is 6.08 Å². The molecule has 0 aliphatic heterocycles. The molecule has 1 aromatic carbocycles. The van der Waals surface area contributed by atoms with E-state index >= 15 is 0 Å². The quantitative estimate of drug-likeness (QED) is 0.805. The van der Waals surface area contributed by atoms with E-state index in [2.05, 4.69) is 21.9 Å². The molecule has 1 aromatic heterocycles. The fourth-order valence-electron chi connectivity index (χ4n) is 1.90. The van der Waals surface area contributed by atoms with Crippen molar-refractivity contribution in [3.63, 3.8) is 0 Å². The highest BCUT2D eigenvalue weighted by Crippen LogP contribution is 2.18. The number of nitrogens with zero attached hydrogens (tertiary/aromatic N) is 2. The third-order valence-electron chi connectivity index (χ3n) is 3.03. The normalized spacial score (nSPS) is 10.4. The summed E-state index contributed by atoms with van der Waals surface area (Å²) in [6.45, 7) is 3.22. The van der Waals surface area contributed by atoms with E-state index in [4.69, 9.17) is 0 Å². The number of aromatic amines is 1. The Morgan fingerprint density at radius 3 is 3.00 bits per heavy atom. The van der Waals surface area contributed by atoms with Gasteiger partial charge in [0.05, 0.1) is 23.9 Å². The van der Waals surface area contributed by atoms with Crippen LogP contribution in [0.5, 0.6) is 0 Å². The second-order valence-electron chi connectivity index (χ2n) is 4.50. The third-order valence-corrected chi connectivity index (χ3v) is 3.03. The predicted molar refractivity (Wildman–Crippen MR) is 75.7 cm³/mol. The molecule has 2 aromatic rings. The molecule has 0 saturated carbocycles. The molecule has 0 unspecified atom stereocenters. The number of hydrogen-bond donors (Lipinski definition) is 2. The number of aromatic nitrogens is 2. The van der Waals surface area contributed by atoms with Gasteiger partial charge in [-0.3, -0.25) is 9.59 Å². The van der Waals surface area contributed by atoms with Gasteiger partial charge in [0.25, 0.3) is 0 Å². The Hall–Kier alpha value is -2.70. The van der Waals surface area contributed by atoms with Gasteiger partial charge in [0.1, 0.15) is 5.82 Å². The molecule has 2 rings (SSSR count). The summed E-state index contributed by atoms with van der Waals surface area (Å²) in [5.41, 5.74) is 1.48. The van der Waals surface area contributed by atoms with Crippen molar-refractivity contribution in [2.24, 2.45) is 0 Å². The van der Waals surface area contributed by atoms with Gasteiger partial charge in [-0.2, -0.15) is 0 Å². The Labute approximate surface area is 120 Å². The molecule has 0 aliphatic carbocycles. The molecule has 2 N–H and O–H groups in total. The minimum atomic E-state index is -0.439. The topological polar surface area (TPSA) is 78.1 Å². The Morgan fingerprint density at radius 1 is 1.52 bits per heavy atom. The number of likely N-dealkylation sites (N-methyl/N-ethyl adjacent to an activating group) is 1. The molecule has 0 bridgehead atoms. The zero-order valence-corrected chi connectivity index (χ0v) is 11.5. The number of carbonyl (C=O) groups is 2. The zero-order chi connectivity index (χ0) is 15.4. The zero-order valence-electron chi connectivity index (χ0n) is 11.5. The fraction of sp³-hybridized carbons (Fsp3) is 0.214. The van der Waals surface area contributed by atoms with Gasteiger partial charge in [0.15, 0.2) is 0 Å². The minimum Gasteiger partial charge on any atom is -0.350 e. The summed E-state index contributed by atoms with van der Waals surface area (Å²) in [6, 6.07) is 2.90. The Bertz CT molecular complexity index is 695. The van der Waals surface area contributed by atoms with Gasteiger partial charge in [-0.05, 0) is 18.2 Å². The SMILES string of the molecule is C=CC(=O)N(C)CC(=O)NCc1c(F)ccc2[nH]cnc12. The number of halogens is 1. The predicted octanol–water partition coefficient (Wildman–Crippen LogP) is 0.963. The van der Waals surface area contributed by atoms with Crippen LogP contribution in [0.3, 0.4) is 0 Å². The van der Waals surface area contributed by atoms with Crippen molar-refractivity contribution >= 4 is 22.8 Å². The van der Waals surface area contributed by atoms with Crippen LogP contribution in [-0.4, -0.2) is 40.3 Å². The van der Waals surface area contributed by atoms with Crippen molar-refractivity contribution in [3.05, 3.63) is 42.5 Å². The first-order chi connectivity index (χ1) is 10.0. The number of H-pyrrole nitrogens is 1. The van der Waals surface area contributed by atoms with Crippen molar-refractivity contribution in [1.29, 1.82) is 0 Å². The molecule has 1 heterocycles. The van der Waals surface area contributed by atoms with Gasteiger partial charge >= 0.3 is 0 Å².